The Morgan fingerprint density at radius 3 is 2.33 bits per heavy atom. The Balaban J connectivity index is 2.03. The lowest BCUT2D eigenvalue weighted by Crippen LogP contribution is -2.47. The molecule has 1 saturated heterocycles. The maximum atomic E-state index is 13.1. The van der Waals surface area contributed by atoms with Crippen molar-refractivity contribution in [3.8, 4) is 11.1 Å². The van der Waals surface area contributed by atoms with E-state index in [0.29, 0.717) is 23.7 Å². The number of benzene rings is 1. The molecule has 0 unspecified atom stereocenters. The van der Waals surface area contributed by atoms with Crippen LogP contribution in [0.1, 0.15) is 17.0 Å². The summed E-state index contributed by atoms with van der Waals surface area (Å²) in [7, 11) is -1.49. The average molecular weight is 349 g/mol. The van der Waals surface area contributed by atoms with Gasteiger partial charge in [-0.15, -0.1) is 0 Å². The Morgan fingerprint density at radius 1 is 1.08 bits per heavy atom. The summed E-state index contributed by atoms with van der Waals surface area (Å²) in [6, 6.07) is 5.52. The lowest BCUT2D eigenvalue weighted by molar-refractivity contribution is 0.222. The minimum atomic E-state index is -3.50. The molecule has 0 N–H and O–H groups in total. The second kappa shape index (κ2) is 6.31. The minimum Gasteiger partial charge on any atom is -0.361 e. The summed E-state index contributed by atoms with van der Waals surface area (Å²) in [6.07, 6.45) is 0. The summed E-state index contributed by atoms with van der Waals surface area (Å²) in [5, 5.41) is 3.96. The van der Waals surface area contributed by atoms with Gasteiger partial charge in [0.05, 0.1) is 10.6 Å². The van der Waals surface area contributed by atoms with Crippen molar-refractivity contribution in [2.75, 3.05) is 33.2 Å². The van der Waals surface area contributed by atoms with Gasteiger partial charge in [-0.25, -0.2) is 8.42 Å². The van der Waals surface area contributed by atoms with Crippen molar-refractivity contribution < 1.29 is 12.9 Å². The third-order valence-electron chi connectivity index (χ3n) is 4.59. The smallest absolute Gasteiger partial charge is 0.243 e. The first-order valence-corrected chi connectivity index (χ1v) is 9.47. The standard InChI is InChI=1S/C17H23N3O3S/c1-12-5-6-15(17-13(2)18-23-14(17)3)11-16(12)24(21,22)20-9-7-19(4)8-10-20/h5-6,11H,7-10H2,1-4H3. The molecular formula is C17H23N3O3S. The number of rotatable bonds is 3. The molecule has 2 heterocycles. The van der Waals surface area contributed by atoms with E-state index in [1.54, 1.807) is 10.4 Å². The number of hydrogen-bond acceptors (Lipinski definition) is 5. The first kappa shape index (κ1) is 17.1. The topological polar surface area (TPSA) is 66.7 Å². The molecule has 0 amide bonds. The van der Waals surface area contributed by atoms with E-state index in [0.717, 1.165) is 35.5 Å². The molecule has 2 aromatic rings. The maximum Gasteiger partial charge on any atom is 0.243 e. The van der Waals surface area contributed by atoms with E-state index < -0.39 is 10.0 Å². The highest BCUT2D eigenvalue weighted by Crippen LogP contribution is 2.31. The van der Waals surface area contributed by atoms with Crippen molar-refractivity contribution in [3.63, 3.8) is 0 Å². The number of aryl methyl sites for hydroxylation is 3. The van der Waals surface area contributed by atoms with Crippen molar-refractivity contribution in [3.05, 3.63) is 35.2 Å². The lowest BCUT2D eigenvalue weighted by Gasteiger charge is -2.32. The summed E-state index contributed by atoms with van der Waals surface area (Å²) in [5.74, 6) is 0.694. The Hall–Kier alpha value is -1.70. The fraction of sp³-hybridized carbons (Fsp3) is 0.471. The van der Waals surface area contributed by atoms with Gasteiger partial charge in [-0.1, -0.05) is 17.3 Å². The highest BCUT2D eigenvalue weighted by Gasteiger charge is 2.29. The molecule has 0 aliphatic carbocycles. The zero-order valence-electron chi connectivity index (χ0n) is 14.5. The van der Waals surface area contributed by atoms with Crippen LogP contribution in [0.25, 0.3) is 11.1 Å². The number of piperazine rings is 1. The number of hydrogen-bond donors (Lipinski definition) is 0. The Morgan fingerprint density at radius 2 is 1.75 bits per heavy atom. The van der Waals surface area contributed by atoms with Crippen molar-refractivity contribution in [1.29, 1.82) is 0 Å². The van der Waals surface area contributed by atoms with E-state index in [1.807, 2.05) is 40.0 Å². The molecular weight excluding hydrogens is 326 g/mol. The average Bonchev–Trinajstić information content (AvgIpc) is 2.87. The molecule has 0 atom stereocenters. The van der Waals surface area contributed by atoms with Gasteiger partial charge in [0, 0.05) is 31.7 Å². The molecule has 1 aliphatic rings. The van der Waals surface area contributed by atoms with Crippen LogP contribution in [0.3, 0.4) is 0 Å². The zero-order valence-corrected chi connectivity index (χ0v) is 15.4. The molecule has 0 bridgehead atoms. The van der Waals surface area contributed by atoms with Crippen LogP contribution >= 0.6 is 0 Å². The highest BCUT2D eigenvalue weighted by atomic mass is 32.2. The Labute approximate surface area is 143 Å². The second-order valence-corrected chi connectivity index (χ2v) is 8.29. The van der Waals surface area contributed by atoms with E-state index >= 15 is 0 Å². The molecule has 24 heavy (non-hydrogen) atoms. The number of sulfonamides is 1. The molecule has 1 fully saturated rings. The number of likely N-dealkylation sites (N-methyl/N-ethyl adjacent to an activating group) is 1. The van der Waals surface area contributed by atoms with E-state index in [9.17, 15) is 8.42 Å². The van der Waals surface area contributed by atoms with Crippen LogP contribution in [0, 0.1) is 20.8 Å². The van der Waals surface area contributed by atoms with Gasteiger partial charge in [0.15, 0.2) is 0 Å². The van der Waals surface area contributed by atoms with Gasteiger partial charge < -0.3 is 9.42 Å². The van der Waals surface area contributed by atoms with Gasteiger partial charge in [0.1, 0.15) is 5.76 Å². The minimum absolute atomic E-state index is 0.365. The summed E-state index contributed by atoms with van der Waals surface area (Å²) in [5.41, 5.74) is 3.21. The van der Waals surface area contributed by atoms with Gasteiger partial charge in [-0.3, -0.25) is 0 Å². The first-order chi connectivity index (χ1) is 11.3. The lowest BCUT2D eigenvalue weighted by atomic mass is 10.0. The van der Waals surface area contributed by atoms with Crippen LogP contribution in [0.5, 0.6) is 0 Å². The molecule has 6 nitrogen and oxygen atoms in total. The van der Waals surface area contributed by atoms with E-state index in [1.165, 1.54) is 0 Å². The molecule has 0 spiro atoms. The molecule has 1 aromatic carbocycles. The van der Waals surface area contributed by atoms with Crippen LogP contribution in [0.15, 0.2) is 27.6 Å². The van der Waals surface area contributed by atoms with Crippen molar-refractivity contribution in [1.82, 2.24) is 14.4 Å². The van der Waals surface area contributed by atoms with Gasteiger partial charge >= 0.3 is 0 Å². The third kappa shape index (κ3) is 2.99. The maximum absolute atomic E-state index is 13.1. The fourth-order valence-electron chi connectivity index (χ4n) is 3.10. The first-order valence-electron chi connectivity index (χ1n) is 8.03. The van der Waals surface area contributed by atoms with E-state index in [2.05, 4.69) is 10.1 Å². The van der Waals surface area contributed by atoms with Gasteiger partial charge in [0.2, 0.25) is 10.0 Å². The van der Waals surface area contributed by atoms with E-state index in [-0.39, 0.29) is 0 Å². The van der Waals surface area contributed by atoms with Gasteiger partial charge in [0.25, 0.3) is 0 Å². The molecule has 130 valence electrons. The van der Waals surface area contributed by atoms with Crippen LogP contribution < -0.4 is 0 Å². The molecule has 0 radical (unpaired) electrons. The molecule has 0 saturated carbocycles. The summed E-state index contributed by atoms with van der Waals surface area (Å²) in [4.78, 5) is 2.50. The molecule has 1 aliphatic heterocycles. The van der Waals surface area contributed by atoms with Gasteiger partial charge in [-0.05, 0) is 45.0 Å². The number of nitrogens with zero attached hydrogens (tertiary/aromatic N) is 3. The number of aromatic nitrogens is 1. The highest BCUT2D eigenvalue weighted by molar-refractivity contribution is 7.89. The van der Waals surface area contributed by atoms with Crippen molar-refractivity contribution in [2.45, 2.75) is 25.7 Å². The predicted octanol–water partition coefficient (Wildman–Crippen LogP) is 2.20. The Bertz CT molecular complexity index is 830. The summed E-state index contributed by atoms with van der Waals surface area (Å²) >= 11 is 0. The zero-order chi connectivity index (χ0) is 17.5. The quantitative estimate of drug-likeness (QED) is 0.850. The predicted molar refractivity (Wildman–Crippen MR) is 92.4 cm³/mol. The monoisotopic (exact) mass is 349 g/mol. The third-order valence-corrected chi connectivity index (χ3v) is 6.63. The van der Waals surface area contributed by atoms with Gasteiger partial charge in [-0.2, -0.15) is 4.31 Å². The Kier molecular flexibility index (Phi) is 4.50. The SMILES string of the molecule is Cc1ccc(-c2c(C)noc2C)cc1S(=O)(=O)N1CCN(C)CC1. The van der Waals surface area contributed by atoms with Crippen molar-refractivity contribution in [2.24, 2.45) is 0 Å². The second-order valence-electron chi connectivity index (χ2n) is 6.39. The van der Waals surface area contributed by atoms with Crippen LogP contribution in [0.4, 0.5) is 0 Å². The normalized spacial score (nSPS) is 17.3. The molecule has 1 aromatic heterocycles. The summed E-state index contributed by atoms with van der Waals surface area (Å²) < 4.78 is 32.9. The summed E-state index contributed by atoms with van der Waals surface area (Å²) in [6.45, 7) is 8.08. The van der Waals surface area contributed by atoms with Crippen molar-refractivity contribution >= 4 is 10.0 Å². The molecule has 3 rings (SSSR count). The molecule has 7 heteroatoms. The van der Waals surface area contributed by atoms with Crippen LogP contribution in [-0.2, 0) is 10.0 Å². The van der Waals surface area contributed by atoms with Crippen LogP contribution in [-0.4, -0.2) is 56.0 Å². The van der Waals surface area contributed by atoms with E-state index in [4.69, 9.17) is 4.52 Å². The van der Waals surface area contributed by atoms with Crippen LogP contribution in [0.2, 0.25) is 0 Å². The largest absolute Gasteiger partial charge is 0.361 e. The fourth-order valence-corrected chi connectivity index (χ4v) is 4.77.